The van der Waals surface area contributed by atoms with Gasteiger partial charge in [0.05, 0.1) is 6.61 Å². The van der Waals surface area contributed by atoms with Gasteiger partial charge in [-0.2, -0.15) is 0 Å². The lowest BCUT2D eigenvalue weighted by atomic mass is 10.1. The van der Waals surface area contributed by atoms with Crippen molar-refractivity contribution in [3.05, 3.63) is 28.2 Å². The largest absolute Gasteiger partial charge is 0.384 e. The van der Waals surface area contributed by atoms with E-state index in [-0.39, 0.29) is 0 Å². The first-order valence-electron chi connectivity index (χ1n) is 5.68. The predicted octanol–water partition coefficient (Wildman–Crippen LogP) is 3.71. The number of rotatable bonds is 6. The highest BCUT2D eigenvalue weighted by Gasteiger charge is 2.04. The van der Waals surface area contributed by atoms with Gasteiger partial charge in [0.1, 0.15) is 0 Å². The number of methoxy groups -OCH3 is 1. The fourth-order valence-corrected chi connectivity index (χ4v) is 2.06. The summed E-state index contributed by atoms with van der Waals surface area (Å²) in [5, 5.41) is 3.48. The molecule has 16 heavy (non-hydrogen) atoms. The Labute approximate surface area is 107 Å². The van der Waals surface area contributed by atoms with Crippen LogP contribution in [0.5, 0.6) is 0 Å². The summed E-state index contributed by atoms with van der Waals surface area (Å²) in [7, 11) is 1.74. The quantitative estimate of drug-likeness (QED) is 0.860. The van der Waals surface area contributed by atoms with E-state index in [0.29, 0.717) is 5.92 Å². The molecular weight excluding hydrogens is 266 g/mol. The molecule has 0 aliphatic heterocycles. The Balaban J connectivity index is 2.59. The molecule has 1 aromatic rings. The first-order valence-corrected chi connectivity index (χ1v) is 6.47. The van der Waals surface area contributed by atoms with Crippen molar-refractivity contribution in [3.63, 3.8) is 0 Å². The third-order valence-corrected chi connectivity index (χ3v) is 3.03. The Morgan fingerprint density at radius 3 is 2.81 bits per heavy atom. The topological polar surface area (TPSA) is 21.3 Å². The van der Waals surface area contributed by atoms with Crippen LogP contribution in [-0.2, 0) is 11.2 Å². The maximum atomic E-state index is 5.12. The number of hydrogen-bond donors (Lipinski definition) is 1. The molecule has 0 fully saturated rings. The van der Waals surface area contributed by atoms with Crippen LogP contribution in [0.4, 0.5) is 5.69 Å². The number of benzene rings is 1. The minimum atomic E-state index is 0.526. The van der Waals surface area contributed by atoms with Crippen molar-refractivity contribution in [1.82, 2.24) is 0 Å². The molecule has 90 valence electrons. The van der Waals surface area contributed by atoms with Gasteiger partial charge in [-0.1, -0.05) is 29.8 Å². The molecule has 0 saturated heterocycles. The number of anilines is 1. The summed E-state index contributed by atoms with van der Waals surface area (Å²) >= 11 is 3.49. The van der Waals surface area contributed by atoms with Crippen molar-refractivity contribution in [1.29, 1.82) is 0 Å². The lowest BCUT2D eigenvalue weighted by Crippen LogP contribution is -2.16. The van der Waals surface area contributed by atoms with Crippen molar-refractivity contribution in [2.75, 3.05) is 25.6 Å². The van der Waals surface area contributed by atoms with Crippen LogP contribution < -0.4 is 5.32 Å². The lowest BCUT2D eigenvalue weighted by Gasteiger charge is -2.15. The van der Waals surface area contributed by atoms with Gasteiger partial charge in [0.2, 0.25) is 0 Å². The van der Waals surface area contributed by atoms with Gasteiger partial charge in [-0.25, -0.2) is 0 Å². The fraction of sp³-hybridized carbons (Fsp3) is 0.538. The Hall–Kier alpha value is -0.540. The molecule has 1 aromatic carbocycles. The van der Waals surface area contributed by atoms with Gasteiger partial charge in [0.15, 0.2) is 0 Å². The first kappa shape index (κ1) is 13.5. The molecule has 1 atom stereocenters. The monoisotopic (exact) mass is 285 g/mol. The highest BCUT2D eigenvalue weighted by Crippen LogP contribution is 2.21. The summed E-state index contributed by atoms with van der Waals surface area (Å²) in [4.78, 5) is 0. The highest BCUT2D eigenvalue weighted by atomic mass is 79.9. The molecule has 3 heteroatoms. The molecule has 1 unspecified atom stereocenters. The maximum absolute atomic E-state index is 5.12. The van der Waals surface area contributed by atoms with E-state index in [1.54, 1.807) is 7.11 Å². The molecule has 0 radical (unpaired) electrons. The van der Waals surface area contributed by atoms with E-state index in [9.17, 15) is 0 Å². The second-order valence-electron chi connectivity index (χ2n) is 4.10. The van der Waals surface area contributed by atoms with Gasteiger partial charge < -0.3 is 10.1 Å². The third kappa shape index (κ3) is 4.14. The fourth-order valence-electron chi connectivity index (χ4n) is 1.65. The first-order chi connectivity index (χ1) is 7.67. The van der Waals surface area contributed by atoms with Gasteiger partial charge >= 0.3 is 0 Å². The van der Waals surface area contributed by atoms with E-state index >= 15 is 0 Å². The number of nitrogens with one attached hydrogen (secondary N) is 1. The second kappa shape index (κ2) is 6.92. The molecule has 0 heterocycles. The highest BCUT2D eigenvalue weighted by molar-refractivity contribution is 9.10. The van der Waals surface area contributed by atoms with Gasteiger partial charge in [-0.3, -0.25) is 0 Å². The Morgan fingerprint density at radius 2 is 2.19 bits per heavy atom. The van der Waals surface area contributed by atoms with Crippen molar-refractivity contribution < 1.29 is 4.74 Å². The molecule has 0 spiro atoms. The molecule has 0 bridgehead atoms. The molecular formula is C13H20BrNO. The number of ether oxygens (including phenoxy) is 1. The molecule has 1 N–H and O–H groups in total. The predicted molar refractivity (Wildman–Crippen MR) is 73.0 cm³/mol. The minimum Gasteiger partial charge on any atom is -0.384 e. The zero-order chi connectivity index (χ0) is 12.0. The van der Waals surface area contributed by atoms with E-state index < -0.39 is 0 Å². The van der Waals surface area contributed by atoms with Crippen LogP contribution in [0.25, 0.3) is 0 Å². The number of hydrogen-bond acceptors (Lipinski definition) is 2. The molecule has 1 rings (SSSR count). The Bertz CT molecular complexity index is 328. The summed E-state index contributed by atoms with van der Waals surface area (Å²) in [6.45, 7) is 6.10. The summed E-state index contributed by atoms with van der Waals surface area (Å²) in [6, 6.07) is 6.37. The van der Waals surface area contributed by atoms with Crippen LogP contribution in [0.2, 0.25) is 0 Å². The molecule has 0 aromatic heterocycles. The van der Waals surface area contributed by atoms with E-state index in [1.165, 1.54) is 11.3 Å². The van der Waals surface area contributed by atoms with Crippen molar-refractivity contribution >= 4 is 21.6 Å². The maximum Gasteiger partial charge on any atom is 0.0504 e. The molecule has 0 aliphatic carbocycles. The minimum absolute atomic E-state index is 0.526. The number of aryl methyl sites for hydroxylation is 1. The van der Waals surface area contributed by atoms with Crippen molar-refractivity contribution in [2.45, 2.75) is 20.3 Å². The van der Waals surface area contributed by atoms with Crippen molar-refractivity contribution in [3.8, 4) is 0 Å². The van der Waals surface area contributed by atoms with E-state index in [4.69, 9.17) is 4.74 Å². The lowest BCUT2D eigenvalue weighted by molar-refractivity contribution is 0.164. The van der Waals surface area contributed by atoms with Crippen LogP contribution in [0.1, 0.15) is 19.4 Å². The molecule has 0 amide bonds. The normalized spacial score (nSPS) is 12.5. The Kier molecular flexibility index (Phi) is 5.85. The average molecular weight is 286 g/mol. The Morgan fingerprint density at radius 1 is 1.44 bits per heavy atom. The zero-order valence-electron chi connectivity index (χ0n) is 10.2. The van der Waals surface area contributed by atoms with Crippen LogP contribution in [0.3, 0.4) is 0 Å². The molecule has 2 nitrogen and oxygen atoms in total. The van der Waals surface area contributed by atoms with Gasteiger partial charge in [-0.15, -0.1) is 0 Å². The van der Waals surface area contributed by atoms with E-state index in [2.05, 4.69) is 53.3 Å². The van der Waals surface area contributed by atoms with Gasteiger partial charge in [0.25, 0.3) is 0 Å². The van der Waals surface area contributed by atoms with Crippen LogP contribution in [-0.4, -0.2) is 20.3 Å². The summed E-state index contributed by atoms with van der Waals surface area (Å²) < 4.78 is 6.26. The number of halogens is 1. The summed E-state index contributed by atoms with van der Waals surface area (Å²) in [5.74, 6) is 0.526. The second-order valence-corrected chi connectivity index (χ2v) is 5.01. The van der Waals surface area contributed by atoms with Crippen LogP contribution in [0.15, 0.2) is 22.7 Å². The third-order valence-electron chi connectivity index (χ3n) is 2.54. The zero-order valence-corrected chi connectivity index (χ0v) is 11.8. The molecule has 0 saturated carbocycles. The van der Waals surface area contributed by atoms with Crippen LogP contribution in [0, 0.1) is 5.92 Å². The standard InChI is InChI=1S/C13H20BrNO/c1-4-11-7-12(14)5-6-13(11)15-8-10(2)9-16-3/h5-7,10,15H,4,8-9H2,1-3H3. The average Bonchev–Trinajstić information content (AvgIpc) is 2.27. The van der Waals surface area contributed by atoms with Gasteiger partial charge in [-0.05, 0) is 36.1 Å². The molecule has 0 aliphatic rings. The van der Waals surface area contributed by atoms with E-state index in [0.717, 1.165) is 24.0 Å². The van der Waals surface area contributed by atoms with Crippen molar-refractivity contribution in [2.24, 2.45) is 5.92 Å². The van der Waals surface area contributed by atoms with Gasteiger partial charge in [0, 0.05) is 23.8 Å². The van der Waals surface area contributed by atoms with Crippen LogP contribution >= 0.6 is 15.9 Å². The summed E-state index contributed by atoms with van der Waals surface area (Å²) in [6.07, 6.45) is 1.04. The van der Waals surface area contributed by atoms with E-state index in [1.807, 2.05) is 0 Å². The smallest absolute Gasteiger partial charge is 0.0504 e. The SMILES string of the molecule is CCc1cc(Br)ccc1NCC(C)COC. The summed E-state index contributed by atoms with van der Waals surface area (Å²) in [5.41, 5.74) is 2.58.